The van der Waals surface area contributed by atoms with Gasteiger partial charge in [-0.05, 0) is 39.9 Å². The van der Waals surface area contributed by atoms with E-state index in [-0.39, 0.29) is 17.7 Å². The zero-order chi connectivity index (χ0) is 18.2. The standard InChI is InChI=1S/C17H29N5O3/c1-21(2)9-4-7-18-17(24)15-14-6-5-13(11-22(14)12-20-15)16(23)19-8-10-25-3/h12-13H,4-11H2,1-3H3,(H,18,24)(H,19,23). The monoisotopic (exact) mass is 351 g/mol. The van der Waals surface area contributed by atoms with Crippen LogP contribution in [0.3, 0.4) is 0 Å². The van der Waals surface area contributed by atoms with Crippen molar-refractivity contribution in [3.8, 4) is 0 Å². The molecule has 0 saturated heterocycles. The third-order valence-corrected chi connectivity index (χ3v) is 4.35. The Balaban J connectivity index is 1.87. The van der Waals surface area contributed by atoms with Crippen LogP contribution >= 0.6 is 0 Å². The number of hydrogen-bond donors (Lipinski definition) is 2. The average Bonchev–Trinajstić information content (AvgIpc) is 3.01. The number of nitrogens with zero attached hydrogens (tertiary/aromatic N) is 3. The van der Waals surface area contributed by atoms with Gasteiger partial charge in [0, 0.05) is 26.7 Å². The summed E-state index contributed by atoms with van der Waals surface area (Å²) in [6.45, 7) is 3.15. The van der Waals surface area contributed by atoms with Crippen molar-refractivity contribution >= 4 is 11.8 Å². The Kier molecular flexibility index (Phi) is 7.39. The highest BCUT2D eigenvalue weighted by molar-refractivity contribution is 5.93. The molecule has 0 radical (unpaired) electrons. The number of amides is 2. The minimum absolute atomic E-state index is 0.0334. The van der Waals surface area contributed by atoms with Crippen LogP contribution in [0.25, 0.3) is 0 Å². The van der Waals surface area contributed by atoms with E-state index in [1.54, 1.807) is 13.4 Å². The first kappa shape index (κ1) is 19.4. The first-order valence-electron chi connectivity index (χ1n) is 8.76. The molecule has 1 aromatic rings. The molecule has 0 saturated carbocycles. The third-order valence-electron chi connectivity index (χ3n) is 4.35. The van der Waals surface area contributed by atoms with Gasteiger partial charge in [0.05, 0.1) is 24.5 Å². The summed E-state index contributed by atoms with van der Waals surface area (Å²) in [7, 11) is 5.63. The van der Waals surface area contributed by atoms with E-state index in [0.717, 1.165) is 25.1 Å². The number of imidazole rings is 1. The van der Waals surface area contributed by atoms with Crippen molar-refractivity contribution < 1.29 is 14.3 Å². The van der Waals surface area contributed by atoms with E-state index >= 15 is 0 Å². The lowest BCUT2D eigenvalue weighted by atomic mass is 9.96. The van der Waals surface area contributed by atoms with Gasteiger partial charge in [-0.2, -0.15) is 0 Å². The van der Waals surface area contributed by atoms with E-state index in [4.69, 9.17) is 4.74 Å². The van der Waals surface area contributed by atoms with E-state index in [1.807, 2.05) is 18.7 Å². The molecule has 8 nitrogen and oxygen atoms in total. The van der Waals surface area contributed by atoms with Crippen molar-refractivity contribution in [2.75, 3.05) is 47.4 Å². The number of hydrogen-bond acceptors (Lipinski definition) is 5. The van der Waals surface area contributed by atoms with Gasteiger partial charge in [0.25, 0.3) is 5.91 Å². The first-order chi connectivity index (χ1) is 12.0. The van der Waals surface area contributed by atoms with Gasteiger partial charge in [0.2, 0.25) is 5.91 Å². The Morgan fingerprint density at radius 1 is 1.36 bits per heavy atom. The highest BCUT2D eigenvalue weighted by atomic mass is 16.5. The van der Waals surface area contributed by atoms with Crippen molar-refractivity contribution in [3.63, 3.8) is 0 Å². The van der Waals surface area contributed by atoms with Crippen LogP contribution in [0.1, 0.15) is 29.0 Å². The fourth-order valence-corrected chi connectivity index (χ4v) is 2.97. The molecule has 140 valence electrons. The number of carbonyl (C=O) groups excluding carboxylic acids is 2. The maximum atomic E-state index is 12.3. The smallest absolute Gasteiger partial charge is 0.271 e. The van der Waals surface area contributed by atoms with Gasteiger partial charge in [-0.25, -0.2) is 4.98 Å². The summed E-state index contributed by atoms with van der Waals surface area (Å²) in [6, 6.07) is 0. The fraction of sp³-hybridized carbons (Fsp3) is 0.706. The number of fused-ring (bicyclic) bond motifs is 1. The van der Waals surface area contributed by atoms with Crippen molar-refractivity contribution in [2.45, 2.75) is 25.8 Å². The number of rotatable bonds is 9. The molecule has 25 heavy (non-hydrogen) atoms. The van der Waals surface area contributed by atoms with Crippen molar-refractivity contribution in [1.82, 2.24) is 25.1 Å². The van der Waals surface area contributed by atoms with E-state index < -0.39 is 0 Å². The maximum Gasteiger partial charge on any atom is 0.271 e. The second-order valence-corrected chi connectivity index (χ2v) is 6.62. The molecule has 0 aliphatic carbocycles. The molecule has 0 aromatic carbocycles. The molecule has 0 fully saturated rings. The minimum Gasteiger partial charge on any atom is -0.383 e. The first-order valence-corrected chi connectivity index (χ1v) is 8.76. The molecular weight excluding hydrogens is 322 g/mol. The molecule has 2 heterocycles. The number of nitrogens with one attached hydrogen (secondary N) is 2. The maximum absolute atomic E-state index is 12.3. The molecule has 1 aliphatic heterocycles. The summed E-state index contributed by atoms with van der Waals surface area (Å²) in [4.78, 5) is 30.8. The van der Waals surface area contributed by atoms with Gasteiger partial charge in [-0.3, -0.25) is 9.59 Å². The highest BCUT2D eigenvalue weighted by Gasteiger charge is 2.28. The minimum atomic E-state index is -0.129. The summed E-state index contributed by atoms with van der Waals surface area (Å²) in [5.41, 5.74) is 1.41. The van der Waals surface area contributed by atoms with Gasteiger partial charge in [0.1, 0.15) is 5.69 Å². The van der Waals surface area contributed by atoms with Crippen molar-refractivity contribution in [1.29, 1.82) is 0 Å². The largest absolute Gasteiger partial charge is 0.383 e. The predicted molar refractivity (Wildman–Crippen MR) is 94.4 cm³/mol. The second kappa shape index (κ2) is 9.53. The summed E-state index contributed by atoms with van der Waals surface area (Å²) in [6.07, 6.45) is 3.98. The molecule has 2 rings (SSSR count). The lowest BCUT2D eigenvalue weighted by Crippen LogP contribution is -2.37. The van der Waals surface area contributed by atoms with Crippen molar-refractivity contribution in [3.05, 3.63) is 17.7 Å². The van der Waals surface area contributed by atoms with Gasteiger partial charge in [-0.15, -0.1) is 0 Å². The summed E-state index contributed by atoms with van der Waals surface area (Å²) in [5, 5.41) is 5.80. The van der Waals surface area contributed by atoms with Gasteiger partial charge in [0.15, 0.2) is 0 Å². The van der Waals surface area contributed by atoms with E-state index in [0.29, 0.717) is 38.4 Å². The Labute approximate surface area is 148 Å². The Hall–Kier alpha value is -1.93. The highest BCUT2D eigenvalue weighted by Crippen LogP contribution is 2.22. The molecule has 8 heteroatoms. The Morgan fingerprint density at radius 2 is 2.16 bits per heavy atom. The Morgan fingerprint density at radius 3 is 2.88 bits per heavy atom. The molecule has 0 spiro atoms. The van der Waals surface area contributed by atoms with Gasteiger partial charge >= 0.3 is 0 Å². The van der Waals surface area contributed by atoms with Crippen LogP contribution in [-0.2, 0) is 22.5 Å². The summed E-state index contributed by atoms with van der Waals surface area (Å²) < 4.78 is 6.87. The van der Waals surface area contributed by atoms with Gasteiger partial charge < -0.3 is 24.8 Å². The van der Waals surface area contributed by atoms with E-state index in [2.05, 4.69) is 20.5 Å². The fourth-order valence-electron chi connectivity index (χ4n) is 2.97. The van der Waals surface area contributed by atoms with Crippen LogP contribution in [0.15, 0.2) is 6.33 Å². The molecule has 1 atom stereocenters. The number of aromatic nitrogens is 2. The van der Waals surface area contributed by atoms with Crippen LogP contribution in [0, 0.1) is 5.92 Å². The normalized spacial score (nSPS) is 16.6. The van der Waals surface area contributed by atoms with E-state index in [1.165, 1.54) is 0 Å². The Bertz CT molecular complexity index is 585. The van der Waals surface area contributed by atoms with Crippen LogP contribution in [0.2, 0.25) is 0 Å². The molecule has 1 aliphatic rings. The summed E-state index contributed by atoms with van der Waals surface area (Å²) in [5.74, 6) is -0.184. The molecule has 1 aromatic heterocycles. The van der Waals surface area contributed by atoms with E-state index in [9.17, 15) is 9.59 Å². The molecular formula is C17H29N5O3. The predicted octanol–water partition coefficient (Wildman–Crippen LogP) is -0.110. The third kappa shape index (κ3) is 5.54. The van der Waals surface area contributed by atoms with Crippen LogP contribution in [-0.4, -0.2) is 73.7 Å². The molecule has 0 bridgehead atoms. The van der Waals surface area contributed by atoms with Crippen LogP contribution in [0.5, 0.6) is 0 Å². The average molecular weight is 351 g/mol. The lowest BCUT2D eigenvalue weighted by molar-refractivity contribution is -0.126. The summed E-state index contributed by atoms with van der Waals surface area (Å²) >= 11 is 0. The topological polar surface area (TPSA) is 88.5 Å². The lowest BCUT2D eigenvalue weighted by Gasteiger charge is -2.23. The zero-order valence-electron chi connectivity index (χ0n) is 15.4. The second-order valence-electron chi connectivity index (χ2n) is 6.62. The molecule has 2 amide bonds. The number of methoxy groups -OCH3 is 1. The zero-order valence-corrected chi connectivity index (χ0v) is 15.4. The SMILES string of the molecule is COCCNC(=O)C1CCc2c(C(=O)NCCCN(C)C)ncn2C1. The quantitative estimate of drug-likeness (QED) is 0.606. The van der Waals surface area contributed by atoms with Gasteiger partial charge in [-0.1, -0.05) is 0 Å². The van der Waals surface area contributed by atoms with Crippen LogP contribution < -0.4 is 10.6 Å². The number of ether oxygens (including phenoxy) is 1. The number of carbonyl (C=O) groups is 2. The molecule has 1 unspecified atom stereocenters. The van der Waals surface area contributed by atoms with Crippen molar-refractivity contribution in [2.24, 2.45) is 5.92 Å². The van der Waals surface area contributed by atoms with Crippen LogP contribution in [0.4, 0.5) is 0 Å². The molecule has 2 N–H and O–H groups in total.